The van der Waals surface area contributed by atoms with Gasteiger partial charge in [-0.2, -0.15) is 0 Å². The van der Waals surface area contributed by atoms with E-state index in [1.807, 2.05) is 0 Å². The minimum Gasteiger partial charge on any atom is -0.493 e. The van der Waals surface area contributed by atoms with Gasteiger partial charge in [-0.15, -0.1) is 0 Å². The summed E-state index contributed by atoms with van der Waals surface area (Å²) >= 11 is 0. The third-order valence-corrected chi connectivity index (χ3v) is 4.77. The molecule has 0 bridgehead atoms. The lowest BCUT2D eigenvalue weighted by molar-refractivity contribution is -0.139. The summed E-state index contributed by atoms with van der Waals surface area (Å²) < 4.78 is 30.7. The molecule has 2 rings (SSSR count). The number of amides is 1. The topological polar surface area (TPSA) is 153 Å². The van der Waals surface area contributed by atoms with Crippen LogP contribution in [0.4, 0.5) is 0 Å². The van der Waals surface area contributed by atoms with Crippen molar-refractivity contribution in [2.75, 3.05) is 33.5 Å². The maximum absolute atomic E-state index is 12.0. The number of carbonyl (C=O) groups is 5. The molecule has 0 saturated carbocycles. The summed E-state index contributed by atoms with van der Waals surface area (Å²) in [6, 6.07) is 9.32. The molecule has 0 aliphatic heterocycles. The molecule has 0 spiro atoms. The van der Waals surface area contributed by atoms with E-state index in [0.717, 1.165) is 0 Å². The van der Waals surface area contributed by atoms with E-state index < -0.39 is 23.9 Å². The molecule has 0 atom stereocenters. The van der Waals surface area contributed by atoms with Crippen LogP contribution in [0.5, 0.6) is 23.0 Å². The van der Waals surface area contributed by atoms with E-state index in [1.165, 1.54) is 64.3 Å². The van der Waals surface area contributed by atoms with Gasteiger partial charge in [0.1, 0.15) is 6.61 Å². The van der Waals surface area contributed by atoms with Gasteiger partial charge in [0, 0.05) is 39.5 Å². The smallest absolute Gasteiger partial charge is 0.330 e. The third-order valence-electron chi connectivity index (χ3n) is 4.77. The Morgan fingerprint density at radius 3 is 1.80 bits per heavy atom. The Morgan fingerprint density at radius 1 is 0.683 bits per heavy atom. The largest absolute Gasteiger partial charge is 0.493 e. The molecule has 2 aromatic carbocycles. The highest BCUT2D eigenvalue weighted by atomic mass is 16.6. The molecule has 0 heterocycles. The molecular formula is C29H31NO11. The van der Waals surface area contributed by atoms with Crippen molar-refractivity contribution in [2.45, 2.75) is 20.8 Å². The van der Waals surface area contributed by atoms with E-state index in [4.69, 9.17) is 28.4 Å². The van der Waals surface area contributed by atoms with Crippen LogP contribution < -0.4 is 24.3 Å². The van der Waals surface area contributed by atoms with Gasteiger partial charge in [0.05, 0.1) is 20.3 Å². The summed E-state index contributed by atoms with van der Waals surface area (Å²) in [5.74, 6) is -1.85. The Kier molecular flexibility index (Phi) is 13.3. The molecule has 12 heteroatoms. The van der Waals surface area contributed by atoms with Crippen LogP contribution >= 0.6 is 0 Å². The second-order valence-corrected chi connectivity index (χ2v) is 8.13. The summed E-state index contributed by atoms with van der Waals surface area (Å²) in [5.41, 5.74) is 1.18. The van der Waals surface area contributed by atoms with Crippen LogP contribution in [0.2, 0.25) is 0 Å². The van der Waals surface area contributed by atoms with Crippen molar-refractivity contribution < 1.29 is 52.4 Å². The number of esters is 4. The Hall–Kier alpha value is -4.97. The number of methoxy groups -OCH3 is 1. The summed E-state index contributed by atoms with van der Waals surface area (Å²) in [6.45, 7) is 4.27. The Balaban J connectivity index is 1.69. The normalized spacial score (nSPS) is 10.7. The van der Waals surface area contributed by atoms with Crippen molar-refractivity contribution in [3.05, 3.63) is 59.7 Å². The first kappa shape index (κ1) is 32.2. The van der Waals surface area contributed by atoms with Crippen molar-refractivity contribution in [3.63, 3.8) is 0 Å². The zero-order valence-electron chi connectivity index (χ0n) is 23.1. The SMILES string of the molecule is COc1cc(/C=C/C(=O)OCCOCCNC(=O)/C=C/c2ccc(OC(C)=O)c(OC(C)=O)c2)ccc1OC(C)=O. The molecule has 0 aromatic heterocycles. The van der Waals surface area contributed by atoms with Crippen LogP contribution in [0.15, 0.2) is 48.6 Å². The molecule has 0 radical (unpaired) electrons. The summed E-state index contributed by atoms with van der Waals surface area (Å²) in [6.07, 6.45) is 5.55. The minimum atomic E-state index is -0.589. The number of nitrogens with one attached hydrogen (secondary N) is 1. The molecular weight excluding hydrogens is 538 g/mol. The van der Waals surface area contributed by atoms with Gasteiger partial charge in [0.25, 0.3) is 0 Å². The van der Waals surface area contributed by atoms with Gasteiger partial charge in [-0.1, -0.05) is 12.1 Å². The first-order valence-corrected chi connectivity index (χ1v) is 12.3. The highest BCUT2D eigenvalue weighted by molar-refractivity contribution is 5.92. The number of rotatable bonds is 14. The van der Waals surface area contributed by atoms with Gasteiger partial charge < -0.3 is 33.7 Å². The lowest BCUT2D eigenvalue weighted by atomic mass is 10.2. The summed E-state index contributed by atoms with van der Waals surface area (Å²) in [5, 5.41) is 2.64. The lowest BCUT2D eigenvalue weighted by Crippen LogP contribution is -2.26. The summed E-state index contributed by atoms with van der Waals surface area (Å²) in [4.78, 5) is 57.6. The van der Waals surface area contributed by atoms with E-state index in [1.54, 1.807) is 24.3 Å². The Morgan fingerprint density at radius 2 is 1.22 bits per heavy atom. The first-order valence-electron chi connectivity index (χ1n) is 12.3. The first-order chi connectivity index (χ1) is 19.6. The summed E-state index contributed by atoms with van der Waals surface area (Å²) in [7, 11) is 1.44. The quantitative estimate of drug-likeness (QED) is 0.155. The molecule has 218 valence electrons. The standard InChI is InChI=1S/C29H31NO11/c1-19(31)39-24-9-5-23(17-26(24)36-4)8-12-29(35)38-16-15-37-14-13-30-28(34)11-7-22-6-10-25(40-20(2)32)27(18-22)41-21(3)33/h5-12,17-18H,13-16H2,1-4H3,(H,30,34)/b11-7+,12-8+. The van der Waals surface area contributed by atoms with Crippen molar-refractivity contribution >= 4 is 41.9 Å². The number of carbonyl (C=O) groups excluding carboxylic acids is 5. The Labute approximate surface area is 236 Å². The highest BCUT2D eigenvalue weighted by Crippen LogP contribution is 2.30. The van der Waals surface area contributed by atoms with Gasteiger partial charge >= 0.3 is 23.9 Å². The molecule has 0 fully saturated rings. The fourth-order valence-electron chi connectivity index (χ4n) is 3.12. The fraction of sp³-hybridized carbons (Fsp3) is 0.276. The van der Waals surface area contributed by atoms with Crippen molar-refractivity contribution in [1.82, 2.24) is 5.32 Å². The van der Waals surface area contributed by atoms with Gasteiger partial charge in [-0.3, -0.25) is 19.2 Å². The zero-order chi connectivity index (χ0) is 30.2. The van der Waals surface area contributed by atoms with Gasteiger partial charge in [-0.05, 0) is 47.5 Å². The van der Waals surface area contributed by atoms with E-state index >= 15 is 0 Å². The second kappa shape index (κ2) is 16.9. The maximum atomic E-state index is 12.0. The molecule has 2 aromatic rings. The van der Waals surface area contributed by atoms with Crippen LogP contribution in [0.25, 0.3) is 12.2 Å². The lowest BCUT2D eigenvalue weighted by Gasteiger charge is -2.09. The number of benzene rings is 2. The molecule has 0 aliphatic rings. The molecule has 0 aliphatic carbocycles. The zero-order valence-corrected chi connectivity index (χ0v) is 23.1. The van der Waals surface area contributed by atoms with Crippen molar-refractivity contribution in [2.24, 2.45) is 0 Å². The third kappa shape index (κ3) is 12.6. The van der Waals surface area contributed by atoms with E-state index in [-0.39, 0.29) is 49.5 Å². The molecule has 1 N–H and O–H groups in total. The average Bonchev–Trinajstić information content (AvgIpc) is 2.91. The van der Waals surface area contributed by atoms with Gasteiger partial charge in [-0.25, -0.2) is 4.79 Å². The van der Waals surface area contributed by atoms with E-state index in [0.29, 0.717) is 16.9 Å². The monoisotopic (exact) mass is 569 g/mol. The maximum Gasteiger partial charge on any atom is 0.330 e. The fourth-order valence-corrected chi connectivity index (χ4v) is 3.12. The Bertz CT molecular complexity index is 1310. The molecule has 0 saturated heterocycles. The van der Waals surface area contributed by atoms with Gasteiger partial charge in [0.15, 0.2) is 23.0 Å². The van der Waals surface area contributed by atoms with Crippen LogP contribution in [-0.4, -0.2) is 63.3 Å². The van der Waals surface area contributed by atoms with Crippen LogP contribution in [0.1, 0.15) is 31.9 Å². The predicted molar refractivity (Wildman–Crippen MR) is 146 cm³/mol. The van der Waals surface area contributed by atoms with E-state index in [2.05, 4.69) is 5.32 Å². The molecule has 41 heavy (non-hydrogen) atoms. The number of ether oxygens (including phenoxy) is 6. The molecule has 1 amide bonds. The predicted octanol–water partition coefficient (Wildman–Crippen LogP) is 2.87. The minimum absolute atomic E-state index is 0.0136. The van der Waals surface area contributed by atoms with Gasteiger partial charge in [0.2, 0.25) is 5.91 Å². The van der Waals surface area contributed by atoms with E-state index in [9.17, 15) is 24.0 Å². The number of hydrogen-bond acceptors (Lipinski definition) is 11. The average molecular weight is 570 g/mol. The van der Waals surface area contributed by atoms with Crippen LogP contribution in [0.3, 0.4) is 0 Å². The number of hydrogen-bond donors (Lipinski definition) is 1. The van der Waals surface area contributed by atoms with Crippen molar-refractivity contribution in [1.29, 1.82) is 0 Å². The molecule has 0 unspecified atom stereocenters. The van der Waals surface area contributed by atoms with Crippen LogP contribution in [-0.2, 0) is 33.4 Å². The van der Waals surface area contributed by atoms with Crippen LogP contribution in [0, 0.1) is 0 Å². The molecule has 12 nitrogen and oxygen atoms in total. The highest BCUT2D eigenvalue weighted by Gasteiger charge is 2.11. The second-order valence-electron chi connectivity index (χ2n) is 8.13. The van der Waals surface area contributed by atoms with Crippen molar-refractivity contribution in [3.8, 4) is 23.0 Å².